The minimum atomic E-state index is -1.37. The first-order chi connectivity index (χ1) is 7.40. The minimum Gasteiger partial charge on any atom is -0.297 e. The molecule has 0 aromatic heterocycles. The molecular weight excluding hydrogens is 294 g/mol. The second-order valence-electron chi connectivity index (χ2n) is 4.15. The van der Waals surface area contributed by atoms with E-state index in [0.29, 0.717) is 0 Å². The summed E-state index contributed by atoms with van der Waals surface area (Å²) >= 11 is 24.0. The number of hydrogen-bond acceptors (Lipinski definition) is 2. The highest BCUT2D eigenvalue weighted by Crippen LogP contribution is 2.63. The van der Waals surface area contributed by atoms with Crippen molar-refractivity contribution in [3.05, 3.63) is 21.2 Å². The fourth-order valence-corrected chi connectivity index (χ4v) is 4.26. The summed E-state index contributed by atoms with van der Waals surface area (Å²) in [6, 6.07) is 0. The largest absolute Gasteiger partial charge is 0.297 e. The van der Waals surface area contributed by atoms with Gasteiger partial charge in [-0.05, 0) is 0 Å². The molecule has 0 heterocycles. The first-order valence-electron chi connectivity index (χ1n) is 4.61. The second kappa shape index (κ2) is 3.05. The van der Waals surface area contributed by atoms with Crippen molar-refractivity contribution in [3.8, 4) is 0 Å². The maximum atomic E-state index is 12.0. The van der Waals surface area contributed by atoms with Crippen molar-refractivity contribution in [2.75, 3.05) is 0 Å². The Morgan fingerprint density at radius 1 is 1.19 bits per heavy atom. The maximum absolute atomic E-state index is 12.0. The molecule has 0 aliphatic heterocycles. The fourth-order valence-electron chi connectivity index (χ4n) is 2.79. The Morgan fingerprint density at radius 2 is 1.81 bits per heavy atom. The highest BCUT2D eigenvalue weighted by atomic mass is 35.5. The normalized spacial score (nSPS) is 45.5. The number of Topliss-reactive ketones (excluding diaryl/α,β-unsaturated/α-hetero) is 2. The molecule has 6 heteroatoms. The summed E-state index contributed by atoms with van der Waals surface area (Å²) in [6.07, 6.45) is 1.54. The van der Waals surface area contributed by atoms with Crippen LogP contribution in [0.2, 0.25) is 0 Å². The molecule has 84 valence electrons. The number of alkyl halides is 1. The summed E-state index contributed by atoms with van der Waals surface area (Å²) in [5, 5.41) is 0.399. The fraction of sp³-hybridized carbons (Fsp3) is 0.400. The molecule has 0 radical (unpaired) electrons. The summed E-state index contributed by atoms with van der Waals surface area (Å²) < 4.78 is 0. The molecule has 0 aromatic rings. The van der Waals surface area contributed by atoms with E-state index in [4.69, 9.17) is 46.4 Å². The zero-order valence-electron chi connectivity index (χ0n) is 7.64. The predicted molar refractivity (Wildman–Crippen MR) is 61.7 cm³/mol. The number of ketones is 2. The molecule has 0 aromatic carbocycles. The van der Waals surface area contributed by atoms with Gasteiger partial charge in [-0.15, -0.1) is 11.6 Å². The smallest absolute Gasteiger partial charge is 0.180 e. The number of carbonyl (C=O) groups is 2. The lowest BCUT2D eigenvalue weighted by molar-refractivity contribution is -0.124. The Hall–Kier alpha value is -0.0200. The molecule has 0 spiro atoms. The van der Waals surface area contributed by atoms with Crippen molar-refractivity contribution in [2.45, 2.75) is 4.87 Å². The third kappa shape index (κ3) is 0.943. The lowest BCUT2D eigenvalue weighted by Gasteiger charge is -2.26. The van der Waals surface area contributed by atoms with Crippen LogP contribution in [0.15, 0.2) is 21.2 Å². The second-order valence-corrected chi connectivity index (χ2v) is 5.93. The van der Waals surface area contributed by atoms with Gasteiger partial charge < -0.3 is 0 Å². The van der Waals surface area contributed by atoms with Crippen LogP contribution in [-0.4, -0.2) is 16.4 Å². The van der Waals surface area contributed by atoms with Crippen LogP contribution in [0, 0.1) is 17.8 Å². The highest BCUT2D eigenvalue weighted by molar-refractivity contribution is 6.55. The van der Waals surface area contributed by atoms with E-state index in [9.17, 15) is 9.59 Å². The van der Waals surface area contributed by atoms with Crippen LogP contribution in [-0.2, 0) is 9.59 Å². The monoisotopic (exact) mass is 296 g/mol. The summed E-state index contributed by atoms with van der Waals surface area (Å²) in [5.41, 5.74) is 0. The van der Waals surface area contributed by atoms with Gasteiger partial charge in [-0.3, -0.25) is 9.59 Å². The first kappa shape index (κ1) is 11.1. The van der Waals surface area contributed by atoms with E-state index >= 15 is 0 Å². The molecule has 4 atom stereocenters. The molecule has 0 unspecified atom stereocenters. The predicted octanol–water partition coefficient (Wildman–Crippen LogP) is 2.80. The summed E-state index contributed by atoms with van der Waals surface area (Å²) in [5.74, 6) is -2.28. The van der Waals surface area contributed by atoms with Gasteiger partial charge in [0.1, 0.15) is 4.87 Å². The van der Waals surface area contributed by atoms with Crippen molar-refractivity contribution in [1.82, 2.24) is 0 Å². The van der Waals surface area contributed by atoms with E-state index in [1.165, 1.54) is 6.08 Å². The summed E-state index contributed by atoms with van der Waals surface area (Å²) in [4.78, 5) is 22.4. The topological polar surface area (TPSA) is 34.1 Å². The van der Waals surface area contributed by atoms with Crippen molar-refractivity contribution >= 4 is 58.0 Å². The Balaban J connectivity index is 2.24. The van der Waals surface area contributed by atoms with Gasteiger partial charge >= 0.3 is 0 Å². The van der Waals surface area contributed by atoms with E-state index in [-0.39, 0.29) is 26.7 Å². The molecule has 1 saturated carbocycles. The Morgan fingerprint density at radius 3 is 2.44 bits per heavy atom. The number of fused-ring (bicyclic) bond motifs is 5. The van der Waals surface area contributed by atoms with Gasteiger partial charge in [0.15, 0.2) is 11.6 Å². The van der Waals surface area contributed by atoms with Gasteiger partial charge in [-0.25, -0.2) is 0 Å². The molecule has 3 aliphatic carbocycles. The number of hydrogen-bond donors (Lipinski definition) is 0. The lowest BCUT2D eigenvalue weighted by Crippen LogP contribution is -2.34. The Bertz CT molecular complexity index is 507. The molecule has 0 saturated heterocycles. The van der Waals surface area contributed by atoms with Crippen LogP contribution in [0.5, 0.6) is 0 Å². The molecule has 2 nitrogen and oxygen atoms in total. The molecule has 0 amide bonds. The average Bonchev–Trinajstić information content (AvgIpc) is 2.69. The molecule has 1 fully saturated rings. The highest BCUT2D eigenvalue weighted by Gasteiger charge is 2.70. The van der Waals surface area contributed by atoms with Gasteiger partial charge in [0.05, 0.1) is 11.0 Å². The van der Waals surface area contributed by atoms with Gasteiger partial charge in [0, 0.05) is 21.9 Å². The lowest BCUT2D eigenvalue weighted by atomic mass is 9.84. The minimum absolute atomic E-state index is 0.0149. The van der Waals surface area contributed by atoms with Crippen LogP contribution in [0.3, 0.4) is 0 Å². The average molecular weight is 298 g/mol. The van der Waals surface area contributed by atoms with Crippen molar-refractivity contribution in [2.24, 2.45) is 17.8 Å². The Kier molecular flexibility index (Phi) is 2.11. The Labute approximate surface area is 111 Å². The van der Waals surface area contributed by atoms with Crippen LogP contribution in [0.25, 0.3) is 0 Å². The van der Waals surface area contributed by atoms with Crippen molar-refractivity contribution in [3.63, 3.8) is 0 Å². The number of carbonyl (C=O) groups excluding carboxylic acids is 2. The van der Waals surface area contributed by atoms with Crippen LogP contribution < -0.4 is 0 Å². The first-order valence-corrected chi connectivity index (χ1v) is 6.12. The van der Waals surface area contributed by atoms with E-state index in [0.717, 1.165) is 0 Å². The van der Waals surface area contributed by atoms with Crippen LogP contribution in [0.1, 0.15) is 0 Å². The van der Waals surface area contributed by atoms with E-state index < -0.39 is 22.6 Å². The van der Waals surface area contributed by atoms with Gasteiger partial charge in [0.25, 0.3) is 0 Å². The third-order valence-electron chi connectivity index (χ3n) is 3.51. The van der Waals surface area contributed by atoms with Crippen LogP contribution in [0.4, 0.5) is 0 Å². The number of halogens is 4. The zero-order valence-corrected chi connectivity index (χ0v) is 10.7. The van der Waals surface area contributed by atoms with Gasteiger partial charge in [-0.2, -0.15) is 0 Å². The zero-order chi connectivity index (χ0) is 11.8. The van der Waals surface area contributed by atoms with Gasteiger partial charge in [-0.1, -0.05) is 40.9 Å². The van der Waals surface area contributed by atoms with Crippen molar-refractivity contribution in [1.29, 1.82) is 0 Å². The van der Waals surface area contributed by atoms with Gasteiger partial charge in [0.2, 0.25) is 0 Å². The molecule has 0 N–H and O–H groups in total. The van der Waals surface area contributed by atoms with Crippen LogP contribution >= 0.6 is 46.4 Å². The molecule has 16 heavy (non-hydrogen) atoms. The van der Waals surface area contributed by atoms with Crippen molar-refractivity contribution < 1.29 is 9.59 Å². The molecular formula is C10H4Cl4O2. The number of rotatable bonds is 0. The van der Waals surface area contributed by atoms with E-state index in [2.05, 4.69) is 0 Å². The summed E-state index contributed by atoms with van der Waals surface area (Å²) in [6.45, 7) is 0. The molecule has 2 bridgehead atoms. The number of allylic oxidation sites excluding steroid dienone is 4. The van der Waals surface area contributed by atoms with E-state index in [1.807, 2.05) is 0 Å². The summed E-state index contributed by atoms with van der Waals surface area (Å²) in [7, 11) is 0. The SMILES string of the molecule is O=C1C(Cl)=C(Cl)[C@@H]2[C@H]1[C@H]1C=C(Cl)[C@]2(Cl)C1=O. The maximum Gasteiger partial charge on any atom is 0.180 e. The third-order valence-corrected chi connectivity index (χ3v) is 5.57. The molecule has 3 rings (SSSR count). The standard InChI is InChI=1S/C10H4Cl4O2/c11-3-1-2-4-5(10(3,14)9(2)16)6(12)7(13)8(4)15/h1-2,4-5H/t2-,4-,5+,10-/m1/s1. The van der Waals surface area contributed by atoms with E-state index in [1.54, 1.807) is 0 Å². The quantitative estimate of drug-likeness (QED) is 0.644. The molecule has 3 aliphatic rings.